The fraction of sp³-hybridized carbons (Fsp3) is 0.294. The number of benzene rings is 1. The molecule has 0 spiro atoms. The molecule has 4 nitrogen and oxygen atoms in total. The number of nitrogens with zero attached hydrogens (tertiary/aromatic N) is 3. The molecule has 0 atom stereocenters. The molecule has 0 amide bonds. The van der Waals surface area contributed by atoms with E-state index in [4.69, 9.17) is 0 Å². The van der Waals surface area contributed by atoms with Crippen LogP contribution in [0.15, 0.2) is 42.9 Å². The van der Waals surface area contributed by atoms with Crippen molar-refractivity contribution >= 4 is 10.9 Å². The van der Waals surface area contributed by atoms with Crippen LogP contribution < -0.4 is 0 Å². The molecule has 21 heavy (non-hydrogen) atoms. The molecular weight excluding hydrogens is 260 g/mol. The van der Waals surface area contributed by atoms with Crippen LogP contribution in [0, 0.1) is 0 Å². The van der Waals surface area contributed by atoms with E-state index in [1.54, 1.807) is 12.4 Å². The summed E-state index contributed by atoms with van der Waals surface area (Å²) in [5, 5.41) is 1.39. The second-order valence-corrected chi connectivity index (χ2v) is 5.60. The van der Waals surface area contributed by atoms with E-state index >= 15 is 0 Å². The van der Waals surface area contributed by atoms with Gasteiger partial charge in [0.05, 0.1) is 5.69 Å². The van der Waals surface area contributed by atoms with Gasteiger partial charge in [0.2, 0.25) is 0 Å². The largest absolute Gasteiger partial charge is 0.357 e. The van der Waals surface area contributed by atoms with Crippen molar-refractivity contribution in [2.45, 2.75) is 19.4 Å². The summed E-state index contributed by atoms with van der Waals surface area (Å²) in [6.45, 7) is 3.16. The van der Waals surface area contributed by atoms with Crippen LogP contribution in [0.3, 0.4) is 0 Å². The molecule has 1 aliphatic heterocycles. The molecule has 0 fully saturated rings. The molecule has 3 heterocycles. The van der Waals surface area contributed by atoms with Crippen LogP contribution in [0.5, 0.6) is 0 Å². The molecule has 1 N–H and O–H groups in total. The Morgan fingerprint density at radius 2 is 2.14 bits per heavy atom. The Balaban J connectivity index is 1.49. The number of fused-ring (bicyclic) bond motifs is 3. The van der Waals surface area contributed by atoms with Gasteiger partial charge in [-0.05, 0) is 18.1 Å². The van der Waals surface area contributed by atoms with E-state index in [1.807, 2.05) is 6.20 Å². The molecule has 0 saturated carbocycles. The Labute approximate surface area is 123 Å². The lowest BCUT2D eigenvalue weighted by Crippen LogP contribution is -2.32. The molecule has 0 bridgehead atoms. The van der Waals surface area contributed by atoms with Crippen LogP contribution in [-0.2, 0) is 19.4 Å². The first-order valence-electron chi connectivity index (χ1n) is 7.46. The maximum absolute atomic E-state index is 4.35. The number of rotatable bonds is 3. The molecule has 1 aromatic carbocycles. The summed E-state index contributed by atoms with van der Waals surface area (Å²) in [5.74, 6) is 0. The van der Waals surface area contributed by atoms with Crippen molar-refractivity contribution in [2.75, 3.05) is 13.1 Å². The van der Waals surface area contributed by atoms with E-state index in [-0.39, 0.29) is 0 Å². The maximum atomic E-state index is 4.35. The maximum Gasteiger partial charge on any atom is 0.0599 e. The van der Waals surface area contributed by atoms with Crippen molar-refractivity contribution in [2.24, 2.45) is 0 Å². The zero-order chi connectivity index (χ0) is 14.1. The van der Waals surface area contributed by atoms with Crippen LogP contribution in [0.25, 0.3) is 10.9 Å². The Morgan fingerprint density at radius 1 is 1.19 bits per heavy atom. The highest BCUT2D eigenvalue weighted by Crippen LogP contribution is 2.27. The van der Waals surface area contributed by atoms with Crippen LogP contribution in [0.4, 0.5) is 0 Å². The monoisotopic (exact) mass is 278 g/mol. The molecular formula is C17H18N4. The summed E-state index contributed by atoms with van der Waals surface area (Å²) in [6, 6.07) is 8.60. The predicted octanol–water partition coefficient (Wildman–Crippen LogP) is 2.56. The van der Waals surface area contributed by atoms with Gasteiger partial charge in [-0.2, -0.15) is 0 Å². The number of H-pyrrole nitrogens is 1. The van der Waals surface area contributed by atoms with Gasteiger partial charge in [-0.1, -0.05) is 18.2 Å². The number of aromatic amines is 1. The molecule has 3 aromatic rings. The number of aromatic nitrogens is 3. The zero-order valence-electron chi connectivity index (χ0n) is 11.9. The summed E-state index contributed by atoms with van der Waals surface area (Å²) in [5.41, 5.74) is 5.21. The van der Waals surface area contributed by atoms with Gasteiger partial charge in [0.25, 0.3) is 0 Å². The van der Waals surface area contributed by atoms with Crippen molar-refractivity contribution in [1.82, 2.24) is 19.9 Å². The van der Waals surface area contributed by atoms with Crippen molar-refractivity contribution in [3.05, 3.63) is 59.8 Å². The first-order valence-corrected chi connectivity index (χ1v) is 7.46. The first kappa shape index (κ1) is 12.5. The second-order valence-electron chi connectivity index (χ2n) is 5.60. The highest BCUT2D eigenvalue weighted by molar-refractivity contribution is 5.84. The Kier molecular flexibility index (Phi) is 3.16. The Bertz CT molecular complexity index is 748. The standard InChI is InChI=1S/C17H18N4/c1-2-4-16-14(3-1)15-6-10-21(12-17(15)20-16)9-5-13-11-18-7-8-19-13/h1-4,7-8,11,20H,5-6,9-10,12H2. The molecule has 4 heteroatoms. The number of nitrogens with one attached hydrogen (secondary N) is 1. The molecule has 1 aliphatic rings. The van der Waals surface area contributed by atoms with Gasteiger partial charge in [-0.3, -0.25) is 14.9 Å². The average molecular weight is 278 g/mol. The summed E-state index contributed by atoms with van der Waals surface area (Å²) in [6.07, 6.45) is 7.43. The van der Waals surface area contributed by atoms with Gasteiger partial charge in [0.1, 0.15) is 0 Å². The fourth-order valence-corrected chi connectivity index (χ4v) is 3.17. The molecule has 0 aliphatic carbocycles. The second kappa shape index (κ2) is 5.30. The summed E-state index contributed by atoms with van der Waals surface area (Å²) < 4.78 is 0. The van der Waals surface area contributed by atoms with E-state index in [9.17, 15) is 0 Å². The third-order valence-electron chi connectivity index (χ3n) is 4.26. The van der Waals surface area contributed by atoms with Crippen LogP contribution in [-0.4, -0.2) is 32.9 Å². The quantitative estimate of drug-likeness (QED) is 0.801. The van der Waals surface area contributed by atoms with Crippen molar-refractivity contribution in [1.29, 1.82) is 0 Å². The van der Waals surface area contributed by atoms with Gasteiger partial charge >= 0.3 is 0 Å². The van der Waals surface area contributed by atoms with E-state index in [0.29, 0.717) is 0 Å². The molecule has 4 rings (SSSR count). The average Bonchev–Trinajstić information content (AvgIpc) is 2.91. The Morgan fingerprint density at radius 3 is 3.05 bits per heavy atom. The lowest BCUT2D eigenvalue weighted by molar-refractivity contribution is 0.254. The molecule has 0 saturated heterocycles. The van der Waals surface area contributed by atoms with E-state index in [1.165, 1.54) is 22.2 Å². The van der Waals surface area contributed by atoms with E-state index in [0.717, 1.165) is 38.2 Å². The zero-order valence-corrected chi connectivity index (χ0v) is 11.9. The molecule has 106 valence electrons. The summed E-state index contributed by atoms with van der Waals surface area (Å²) >= 11 is 0. The topological polar surface area (TPSA) is 44.8 Å². The number of para-hydroxylation sites is 1. The van der Waals surface area contributed by atoms with Crippen molar-refractivity contribution in [3.8, 4) is 0 Å². The van der Waals surface area contributed by atoms with Crippen molar-refractivity contribution in [3.63, 3.8) is 0 Å². The fourth-order valence-electron chi connectivity index (χ4n) is 3.17. The normalized spacial score (nSPS) is 15.2. The minimum absolute atomic E-state index is 0.962. The summed E-state index contributed by atoms with van der Waals surface area (Å²) in [4.78, 5) is 14.5. The van der Waals surface area contributed by atoms with Crippen LogP contribution in [0.2, 0.25) is 0 Å². The van der Waals surface area contributed by atoms with E-state index < -0.39 is 0 Å². The number of hydrogen-bond acceptors (Lipinski definition) is 3. The van der Waals surface area contributed by atoms with Gasteiger partial charge in [0, 0.05) is 61.2 Å². The molecule has 2 aromatic heterocycles. The predicted molar refractivity (Wildman–Crippen MR) is 83.0 cm³/mol. The van der Waals surface area contributed by atoms with E-state index in [2.05, 4.69) is 44.1 Å². The highest BCUT2D eigenvalue weighted by Gasteiger charge is 2.20. The smallest absolute Gasteiger partial charge is 0.0599 e. The molecule has 0 radical (unpaired) electrons. The highest BCUT2D eigenvalue weighted by atomic mass is 15.1. The van der Waals surface area contributed by atoms with Gasteiger partial charge < -0.3 is 4.98 Å². The third-order valence-corrected chi connectivity index (χ3v) is 4.26. The summed E-state index contributed by atoms with van der Waals surface area (Å²) in [7, 11) is 0. The van der Waals surface area contributed by atoms with Gasteiger partial charge in [-0.25, -0.2) is 0 Å². The van der Waals surface area contributed by atoms with Crippen LogP contribution >= 0.6 is 0 Å². The first-order chi connectivity index (χ1) is 10.4. The minimum atomic E-state index is 0.962. The lowest BCUT2D eigenvalue weighted by atomic mass is 10.0. The SMILES string of the molecule is c1ccc2c3c([nH]c2c1)CN(CCc1cnccn1)CC3. The van der Waals surface area contributed by atoms with Gasteiger partial charge in [-0.15, -0.1) is 0 Å². The molecule has 0 unspecified atom stereocenters. The van der Waals surface area contributed by atoms with Crippen molar-refractivity contribution < 1.29 is 0 Å². The van der Waals surface area contributed by atoms with Crippen LogP contribution in [0.1, 0.15) is 17.0 Å². The lowest BCUT2D eigenvalue weighted by Gasteiger charge is -2.26. The van der Waals surface area contributed by atoms with Gasteiger partial charge in [0.15, 0.2) is 0 Å². The minimum Gasteiger partial charge on any atom is -0.357 e. The number of hydrogen-bond donors (Lipinski definition) is 1. The Hall–Kier alpha value is -2.20. The third kappa shape index (κ3) is 2.43.